The molecular weight excluding hydrogens is 254 g/mol. The standard InChI is InChI=1S/C16H19NOS/c1-18-14-5-4-13-3-2-7-16(17,15(13)9-14)10-12-6-8-19-11-12/h4-6,8-9,11H,2-3,7,10,17H2,1H3. The molecule has 1 heterocycles. The Morgan fingerprint density at radius 3 is 3.00 bits per heavy atom. The third-order valence-corrected chi connectivity index (χ3v) is 4.75. The SMILES string of the molecule is COc1ccc2c(c1)C(N)(Cc1ccsc1)CCC2. The fourth-order valence-corrected chi connectivity index (χ4v) is 3.70. The maximum absolute atomic E-state index is 6.73. The molecule has 3 rings (SSSR count). The van der Waals surface area contributed by atoms with Gasteiger partial charge in [0.1, 0.15) is 5.75 Å². The summed E-state index contributed by atoms with van der Waals surface area (Å²) in [7, 11) is 1.71. The van der Waals surface area contributed by atoms with Crippen LogP contribution < -0.4 is 10.5 Å². The van der Waals surface area contributed by atoms with Crippen molar-refractivity contribution >= 4 is 11.3 Å². The van der Waals surface area contributed by atoms with E-state index in [1.165, 1.54) is 23.1 Å². The molecule has 0 saturated heterocycles. The summed E-state index contributed by atoms with van der Waals surface area (Å²) in [6.07, 6.45) is 4.25. The van der Waals surface area contributed by atoms with E-state index in [1.807, 2.05) is 6.07 Å². The summed E-state index contributed by atoms with van der Waals surface area (Å²) < 4.78 is 5.36. The first kappa shape index (κ1) is 12.7. The third kappa shape index (κ3) is 2.40. The maximum atomic E-state index is 6.73. The van der Waals surface area contributed by atoms with Crippen molar-refractivity contribution in [3.63, 3.8) is 0 Å². The van der Waals surface area contributed by atoms with Crippen LogP contribution >= 0.6 is 11.3 Å². The van der Waals surface area contributed by atoms with Crippen molar-refractivity contribution in [2.75, 3.05) is 7.11 Å². The number of methoxy groups -OCH3 is 1. The van der Waals surface area contributed by atoms with Gasteiger partial charge in [-0.15, -0.1) is 0 Å². The van der Waals surface area contributed by atoms with Gasteiger partial charge < -0.3 is 10.5 Å². The lowest BCUT2D eigenvalue weighted by molar-refractivity contribution is 0.363. The topological polar surface area (TPSA) is 35.2 Å². The van der Waals surface area contributed by atoms with Crippen molar-refractivity contribution in [2.24, 2.45) is 5.73 Å². The Bertz CT molecular complexity index is 564. The van der Waals surface area contributed by atoms with Crippen LogP contribution in [0.3, 0.4) is 0 Å². The van der Waals surface area contributed by atoms with Crippen molar-refractivity contribution in [2.45, 2.75) is 31.2 Å². The van der Waals surface area contributed by atoms with E-state index in [-0.39, 0.29) is 5.54 Å². The molecule has 1 atom stereocenters. The second kappa shape index (κ2) is 4.99. The Morgan fingerprint density at radius 1 is 1.37 bits per heavy atom. The second-order valence-electron chi connectivity index (χ2n) is 5.34. The van der Waals surface area contributed by atoms with Gasteiger partial charge in [-0.25, -0.2) is 0 Å². The van der Waals surface area contributed by atoms with E-state index >= 15 is 0 Å². The number of rotatable bonds is 3. The molecule has 1 aromatic heterocycles. The van der Waals surface area contributed by atoms with Crippen LogP contribution in [0.2, 0.25) is 0 Å². The van der Waals surface area contributed by atoms with Gasteiger partial charge in [-0.05, 0) is 71.3 Å². The molecule has 1 aliphatic carbocycles. The molecule has 0 saturated carbocycles. The molecule has 0 fully saturated rings. The minimum Gasteiger partial charge on any atom is -0.497 e. The van der Waals surface area contributed by atoms with Crippen LogP contribution in [0, 0.1) is 0 Å². The van der Waals surface area contributed by atoms with Gasteiger partial charge in [-0.1, -0.05) is 6.07 Å². The zero-order chi connectivity index (χ0) is 13.3. The first-order valence-corrected chi connectivity index (χ1v) is 7.63. The van der Waals surface area contributed by atoms with Crippen LogP contribution in [0.5, 0.6) is 5.75 Å². The van der Waals surface area contributed by atoms with E-state index < -0.39 is 0 Å². The van der Waals surface area contributed by atoms with E-state index in [4.69, 9.17) is 10.5 Å². The highest BCUT2D eigenvalue weighted by Gasteiger charge is 2.33. The fourth-order valence-electron chi connectivity index (χ4n) is 3.03. The van der Waals surface area contributed by atoms with Crippen molar-refractivity contribution < 1.29 is 4.74 Å². The van der Waals surface area contributed by atoms with Gasteiger partial charge in [-0.2, -0.15) is 11.3 Å². The molecule has 2 nitrogen and oxygen atoms in total. The van der Waals surface area contributed by atoms with E-state index in [9.17, 15) is 0 Å². The molecule has 0 radical (unpaired) electrons. The van der Waals surface area contributed by atoms with Crippen LogP contribution in [0.15, 0.2) is 35.0 Å². The minimum absolute atomic E-state index is 0.247. The van der Waals surface area contributed by atoms with E-state index in [0.29, 0.717) is 0 Å². The first-order chi connectivity index (χ1) is 9.21. The molecule has 19 heavy (non-hydrogen) atoms. The number of aryl methyl sites for hydroxylation is 1. The lowest BCUT2D eigenvalue weighted by atomic mass is 9.74. The molecule has 2 aromatic rings. The summed E-state index contributed by atoms with van der Waals surface area (Å²) in [5.41, 5.74) is 10.5. The van der Waals surface area contributed by atoms with Gasteiger partial charge in [-0.3, -0.25) is 0 Å². The molecule has 2 N–H and O–H groups in total. The zero-order valence-corrected chi connectivity index (χ0v) is 12.0. The van der Waals surface area contributed by atoms with Gasteiger partial charge in [0.15, 0.2) is 0 Å². The monoisotopic (exact) mass is 273 g/mol. The minimum atomic E-state index is -0.247. The van der Waals surface area contributed by atoms with Crippen LogP contribution in [0.1, 0.15) is 29.5 Å². The Labute approximate surface area is 118 Å². The summed E-state index contributed by atoms with van der Waals surface area (Å²) in [6.45, 7) is 0. The van der Waals surface area contributed by atoms with E-state index in [1.54, 1.807) is 18.4 Å². The highest BCUT2D eigenvalue weighted by molar-refractivity contribution is 7.07. The maximum Gasteiger partial charge on any atom is 0.119 e. The van der Waals surface area contributed by atoms with E-state index in [2.05, 4.69) is 29.0 Å². The lowest BCUT2D eigenvalue weighted by Crippen LogP contribution is -2.42. The summed E-state index contributed by atoms with van der Waals surface area (Å²) in [6, 6.07) is 8.51. The Hall–Kier alpha value is -1.32. The normalized spacial score (nSPS) is 22.0. The Balaban J connectivity index is 2.00. The van der Waals surface area contributed by atoms with E-state index in [0.717, 1.165) is 25.0 Å². The van der Waals surface area contributed by atoms with Crippen molar-refractivity contribution in [3.05, 3.63) is 51.7 Å². The molecule has 3 heteroatoms. The molecule has 1 unspecified atom stereocenters. The third-order valence-electron chi connectivity index (χ3n) is 4.02. The molecule has 0 aliphatic heterocycles. The number of ether oxygens (including phenoxy) is 1. The van der Waals surface area contributed by atoms with Gasteiger partial charge in [0.25, 0.3) is 0 Å². The average Bonchev–Trinajstić information content (AvgIpc) is 2.91. The molecular formula is C16H19NOS. The molecule has 0 amide bonds. The fraction of sp³-hybridized carbons (Fsp3) is 0.375. The second-order valence-corrected chi connectivity index (χ2v) is 6.12. The lowest BCUT2D eigenvalue weighted by Gasteiger charge is -2.36. The quantitative estimate of drug-likeness (QED) is 0.929. The predicted octanol–water partition coefficient (Wildman–Crippen LogP) is 3.49. The molecule has 0 bridgehead atoms. The number of nitrogens with two attached hydrogens (primary N) is 1. The van der Waals surface area contributed by atoms with Crippen molar-refractivity contribution in [3.8, 4) is 5.75 Å². The highest BCUT2D eigenvalue weighted by Crippen LogP contribution is 2.38. The number of hydrogen-bond acceptors (Lipinski definition) is 3. The summed E-state index contributed by atoms with van der Waals surface area (Å²) >= 11 is 1.74. The van der Waals surface area contributed by atoms with Crippen LogP contribution in [0.25, 0.3) is 0 Å². The number of benzene rings is 1. The van der Waals surface area contributed by atoms with Crippen molar-refractivity contribution in [1.82, 2.24) is 0 Å². The molecule has 1 aliphatic rings. The number of fused-ring (bicyclic) bond motifs is 1. The average molecular weight is 273 g/mol. The molecule has 1 aromatic carbocycles. The predicted molar refractivity (Wildman–Crippen MR) is 79.8 cm³/mol. The van der Waals surface area contributed by atoms with Gasteiger partial charge >= 0.3 is 0 Å². The van der Waals surface area contributed by atoms with Gasteiger partial charge in [0.2, 0.25) is 0 Å². The highest BCUT2D eigenvalue weighted by atomic mass is 32.1. The van der Waals surface area contributed by atoms with Crippen LogP contribution in [-0.4, -0.2) is 7.11 Å². The largest absolute Gasteiger partial charge is 0.497 e. The van der Waals surface area contributed by atoms with Gasteiger partial charge in [0, 0.05) is 5.54 Å². The summed E-state index contributed by atoms with van der Waals surface area (Å²) in [5, 5.41) is 4.32. The Kier molecular flexibility index (Phi) is 3.33. The number of thiophene rings is 1. The summed E-state index contributed by atoms with van der Waals surface area (Å²) in [5.74, 6) is 0.904. The zero-order valence-electron chi connectivity index (χ0n) is 11.2. The molecule has 0 spiro atoms. The molecule has 100 valence electrons. The summed E-state index contributed by atoms with van der Waals surface area (Å²) in [4.78, 5) is 0. The van der Waals surface area contributed by atoms with Gasteiger partial charge in [0.05, 0.1) is 7.11 Å². The van der Waals surface area contributed by atoms with Crippen LogP contribution in [-0.2, 0) is 18.4 Å². The number of hydrogen-bond donors (Lipinski definition) is 1. The first-order valence-electron chi connectivity index (χ1n) is 6.69. The van der Waals surface area contributed by atoms with Crippen molar-refractivity contribution in [1.29, 1.82) is 0 Å². The smallest absolute Gasteiger partial charge is 0.119 e. The Morgan fingerprint density at radius 2 is 2.26 bits per heavy atom. The van der Waals surface area contributed by atoms with Crippen LogP contribution in [0.4, 0.5) is 0 Å².